The minimum atomic E-state index is -4.74. The standard InChI is InChI=1S/C21H23F4N3O/c1-12-10-15(18(16(22)11-12)21(23,24)25)13-6-8-28(9-7-13)20(29)19-14-4-2-3-5-17(14)26-27-19/h10-11,13H,2-9H2,1H3,(H,26,27). The van der Waals surface area contributed by atoms with E-state index in [1.54, 1.807) is 11.8 Å². The maximum absolute atomic E-state index is 14.1. The Labute approximate surface area is 166 Å². The molecule has 1 aliphatic heterocycles. The molecule has 0 atom stereocenters. The van der Waals surface area contributed by atoms with Crippen LogP contribution in [0, 0.1) is 12.7 Å². The molecule has 1 aliphatic carbocycles. The van der Waals surface area contributed by atoms with E-state index in [1.165, 1.54) is 6.07 Å². The first-order valence-electron chi connectivity index (χ1n) is 9.98. The van der Waals surface area contributed by atoms with Crippen molar-refractivity contribution < 1.29 is 22.4 Å². The molecule has 156 valence electrons. The molecule has 2 aliphatic rings. The molecule has 1 aromatic carbocycles. The van der Waals surface area contributed by atoms with Crippen LogP contribution in [0.15, 0.2) is 12.1 Å². The molecule has 8 heteroatoms. The second-order valence-corrected chi connectivity index (χ2v) is 8.01. The van der Waals surface area contributed by atoms with Gasteiger partial charge in [0.25, 0.3) is 5.91 Å². The van der Waals surface area contributed by atoms with E-state index >= 15 is 0 Å². The van der Waals surface area contributed by atoms with Gasteiger partial charge in [-0.05, 0) is 68.6 Å². The van der Waals surface area contributed by atoms with Crippen molar-refractivity contribution in [1.29, 1.82) is 0 Å². The number of aryl methyl sites for hydroxylation is 2. The fourth-order valence-electron chi connectivity index (χ4n) is 4.59. The van der Waals surface area contributed by atoms with Crippen molar-refractivity contribution in [2.24, 2.45) is 0 Å². The Morgan fingerprint density at radius 3 is 2.55 bits per heavy atom. The normalized spacial score (nSPS) is 18.0. The summed E-state index contributed by atoms with van der Waals surface area (Å²) in [6, 6.07) is 2.35. The van der Waals surface area contributed by atoms with Gasteiger partial charge in [-0.1, -0.05) is 6.07 Å². The fraction of sp³-hybridized carbons (Fsp3) is 0.524. The van der Waals surface area contributed by atoms with Gasteiger partial charge >= 0.3 is 6.18 Å². The number of aromatic nitrogens is 2. The molecule has 1 amide bonds. The van der Waals surface area contributed by atoms with Crippen molar-refractivity contribution in [3.8, 4) is 0 Å². The van der Waals surface area contributed by atoms with Crippen molar-refractivity contribution in [3.63, 3.8) is 0 Å². The second kappa shape index (κ2) is 7.46. The van der Waals surface area contributed by atoms with E-state index in [9.17, 15) is 22.4 Å². The Kier molecular flexibility index (Phi) is 5.12. The average molecular weight is 409 g/mol. The van der Waals surface area contributed by atoms with Crippen LogP contribution in [0.5, 0.6) is 0 Å². The van der Waals surface area contributed by atoms with Crippen LogP contribution in [0.2, 0.25) is 0 Å². The predicted molar refractivity (Wildman–Crippen MR) is 99.2 cm³/mol. The van der Waals surface area contributed by atoms with E-state index in [0.717, 1.165) is 43.0 Å². The fourth-order valence-corrected chi connectivity index (χ4v) is 4.59. The topological polar surface area (TPSA) is 49.0 Å². The lowest BCUT2D eigenvalue weighted by molar-refractivity contribution is -0.140. The Morgan fingerprint density at radius 1 is 1.17 bits per heavy atom. The molecular formula is C21H23F4N3O. The van der Waals surface area contributed by atoms with E-state index in [2.05, 4.69) is 10.2 Å². The smallest absolute Gasteiger partial charge is 0.337 e. The highest BCUT2D eigenvalue weighted by Gasteiger charge is 2.40. The number of hydrogen-bond donors (Lipinski definition) is 1. The molecule has 4 rings (SSSR count). The number of nitrogens with one attached hydrogen (secondary N) is 1. The van der Waals surface area contributed by atoms with E-state index in [-0.39, 0.29) is 11.5 Å². The van der Waals surface area contributed by atoms with Gasteiger partial charge < -0.3 is 4.90 Å². The zero-order valence-electron chi connectivity index (χ0n) is 16.2. The summed E-state index contributed by atoms with van der Waals surface area (Å²) in [5.41, 5.74) is 1.72. The van der Waals surface area contributed by atoms with Gasteiger partial charge in [-0.25, -0.2) is 4.39 Å². The first-order valence-corrected chi connectivity index (χ1v) is 9.98. The highest BCUT2D eigenvalue weighted by Crippen LogP contribution is 2.41. The first kappa shape index (κ1) is 19.9. The van der Waals surface area contributed by atoms with Gasteiger partial charge in [0, 0.05) is 24.3 Å². The number of likely N-dealkylation sites (tertiary alicyclic amines) is 1. The number of piperidine rings is 1. The maximum Gasteiger partial charge on any atom is 0.419 e. The lowest BCUT2D eigenvalue weighted by Crippen LogP contribution is -2.39. The highest BCUT2D eigenvalue weighted by molar-refractivity contribution is 5.94. The second-order valence-electron chi connectivity index (χ2n) is 8.01. The molecule has 1 aromatic heterocycles. The highest BCUT2D eigenvalue weighted by atomic mass is 19.4. The summed E-state index contributed by atoms with van der Waals surface area (Å²) in [5, 5.41) is 7.16. The van der Waals surface area contributed by atoms with Crippen LogP contribution in [0.4, 0.5) is 17.6 Å². The summed E-state index contributed by atoms with van der Waals surface area (Å²) < 4.78 is 54.4. The van der Waals surface area contributed by atoms with Gasteiger partial charge in [-0.2, -0.15) is 18.3 Å². The molecule has 4 nitrogen and oxygen atoms in total. The van der Waals surface area contributed by atoms with Crippen LogP contribution in [0.25, 0.3) is 0 Å². The number of H-pyrrole nitrogens is 1. The third-order valence-corrected chi connectivity index (χ3v) is 6.03. The lowest BCUT2D eigenvalue weighted by Gasteiger charge is -2.33. The van der Waals surface area contributed by atoms with Crippen LogP contribution in [0.1, 0.15) is 70.0 Å². The number of carbonyl (C=O) groups excluding carboxylic acids is 1. The van der Waals surface area contributed by atoms with Crippen molar-refractivity contribution in [2.45, 2.75) is 57.5 Å². The average Bonchev–Trinajstić information content (AvgIpc) is 3.10. The Bertz CT molecular complexity index is 927. The molecule has 2 aromatic rings. The summed E-state index contributed by atoms with van der Waals surface area (Å²) in [7, 11) is 0. The lowest BCUT2D eigenvalue weighted by atomic mass is 9.85. The van der Waals surface area contributed by atoms with Crippen molar-refractivity contribution in [2.75, 3.05) is 13.1 Å². The summed E-state index contributed by atoms with van der Waals surface area (Å²) >= 11 is 0. The molecule has 1 fully saturated rings. The summed E-state index contributed by atoms with van der Waals surface area (Å²) in [6.07, 6.45) is -0.211. The molecule has 0 spiro atoms. The SMILES string of the molecule is Cc1cc(F)c(C(F)(F)F)c(C2CCN(C(=O)c3n[nH]c4c3CCCC4)CC2)c1. The van der Waals surface area contributed by atoms with E-state index < -0.39 is 23.5 Å². The molecule has 29 heavy (non-hydrogen) atoms. The minimum Gasteiger partial charge on any atom is -0.337 e. The van der Waals surface area contributed by atoms with Crippen LogP contribution >= 0.6 is 0 Å². The third-order valence-electron chi connectivity index (χ3n) is 6.03. The first-order chi connectivity index (χ1) is 13.8. The monoisotopic (exact) mass is 409 g/mol. The maximum atomic E-state index is 14.1. The van der Waals surface area contributed by atoms with Crippen LogP contribution in [-0.4, -0.2) is 34.1 Å². The van der Waals surface area contributed by atoms with Crippen molar-refractivity contribution in [3.05, 3.63) is 51.6 Å². The molecule has 0 bridgehead atoms. The molecule has 1 N–H and O–H groups in total. The molecule has 1 saturated heterocycles. The number of rotatable bonds is 2. The zero-order valence-corrected chi connectivity index (χ0v) is 16.2. The zero-order chi connectivity index (χ0) is 20.8. The molecular weight excluding hydrogens is 386 g/mol. The molecule has 0 radical (unpaired) electrons. The number of nitrogens with zero attached hydrogens (tertiary/aromatic N) is 2. The number of halogens is 4. The van der Waals surface area contributed by atoms with Gasteiger partial charge in [-0.3, -0.25) is 9.89 Å². The quantitative estimate of drug-likeness (QED) is 0.726. The number of benzene rings is 1. The minimum absolute atomic E-state index is 0.000697. The molecule has 0 saturated carbocycles. The number of amides is 1. The number of alkyl halides is 3. The van der Waals surface area contributed by atoms with Gasteiger partial charge in [0.15, 0.2) is 5.69 Å². The van der Waals surface area contributed by atoms with E-state index in [1.807, 2.05) is 0 Å². The van der Waals surface area contributed by atoms with E-state index in [0.29, 0.717) is 37.2 Å². The third kappa shape index (κ3) is 3.76. The Morgan fingerprint density at radius 2 is 1.86 bits per heavy atom. The predicted octanol–water partition coefficient (Wildman–Crippen LogP) is 4.77. The van der Waals surface area contributed by atoms with Crippen molar-refractivity contribution in [1.82, 2.24) is 15.1 Å². The van der Waals surface area contributed by atoms with Gasteiger partial charge in [0.05, 0.1) is 5.56 Å². The molecule has 2 heterocycles. The number of fused-ring (bicyclic) bond motifs is 1. The van der Waals surface area contributed by atoms with Crippen LogP contribution < -0.4 is 0 Å². The number of carbonyl (C=O) groups is 1. The summed E-state index contributed by atoms with van der Waals surface area (Å²) in [5.74, 6) is -1.83. The number of aromatic amines is 1. The van der Waals surface area contributed by atoms with Crippen LogP contribution in [-0.2, 0) is 19.0 Å². The van der Waals surface area contributed by atoms with Gasteiger partial charge in [-0.15, -0.1) is 0 Å². The largest absolute Gasteiger partial charge is 0.419 e. The molecule has 0 unspecified atom stereocenters. The Balaban J connectivity index is 1.52. The summed E-state index contributed by atoms with van der Waals surface area (Å²) in [4.78, 5) is 14.6. The van der Waals surface area contributed by atoms with Crippen molar-refractivity contribution >= 4 is 5.91 Å². The Hall–Kier alpha value is -2.38. The number of hydrogen-bond acceptors (Lipinski definition) is 2. The van der Waals surface area contributed by atoms with E-state index in [4.69, 9.17) is 0 Å². The van der Waals surface area contributed by atoms with Crippen LogP contribution in [0.3, 0.4) is 0 Å². The van der Waals surface area contributed by atoms with Gasteiger partial charge in [0.1, 0.15) is 5.82 Å². The van der Waals surface area contributed by atoms with Gasteiger partial charge in [0.2, 0.25) is 0 Å². The summed E-state index contributed by atoms with van der Waals surface area (Å²) in [6.45, 7) is 2.25.